The van der Waals surface area contributed by atoms with Gasteiger partial charge >= 0.3 is 0 Å². The summed E-state index contributed by atoms with van der Waals surface area (Å²) in [6.45, 7) is 0.252. The standard InChI is InChI=1S/C19H21FN2O2/c20-16-6-4-15(5-7-16)18(23)13-22(17-8-9-17)19(24)10-3-14-2-1-11-21-12-14/h1-2,4-7,11-12,17-18,23H,3,8-10,13H2. The molecule has 1 aliphatic rings. The molecule has 24 heavy (non-hydrogen) atoms. The quantitative estimate of drug-likeness (QED) is 0.850. The number of rotatable bonds is 7. The maximum atomic E-state index is 13.0. The first-order chi connectivity index (χ1) is 11.6. The molecule has 3 rings (SSSR count). The van der Waals surface area contributed by atoms with Crippen molar-refractivity contribution in [3.05, 3.63) is 65.7 Å². The molecule has 0 radical (unpaired) electrons. The summed E-state index contributed by atoms with van der Waals surface area (Å²) in [6, 6.07) is 9.80. The Morgan fingerprint density at radius 3 is 2.67 bits per heavy atom. The molecule has 1 atom stereocenters. The summed E-state index contributed by atoms with van der Waals surface area (Å²) in [5.41, 5.74) is 1.66. The van der Waals surface area contributed by atoms with Gasteiger partial charge in [0, 0.05) is 24.9 Å². The fraction of sp³-hybridized carbons (Fsp3) is 0.368. The number of aliphatic hydroxyl groups excluding tert-OH is 1. The van der Waals surface area contributed by atoms with E-state index in [1.807, 2.05) is 12.1 Å². The van der Waals surface area contributed by atoms with Crippen LogP contribution in [0.3, 0.4) is 0 Å². The third-order valence-electron chi connectivity index (χ3n) is 4.28. The number of benzene rings is 1. The van der Waals surface area contributed by atoms with E-state index >= 15 is 0 Å². The molecule has 1 aromatic carbocycles. The highest BCUT2D eigenvalue weighted by Gasteiger charge is 2.33. The van der Waals surface area contributed by atoms with Gasteiger partial charge in [-0.05, 0) is 48.6 Å². The molecule has 1 aromatic heterocycles. The SMILES string of the molecule is O=C(CCc1cccnc1)N(CC(O)c1ccc(F)cc1)C1CC1. The Morgan fingerprint density at radius 1 is 1.29 bits per heavy atom. The van der Waals surface area contributed by atoms with E-state index in [-0.39, 0.29) is 24.3 Å². The number of hydrogen-bond donors (Lipinski definition) is 1. The predicted octanol–water partition coefficient (Wildman–Crippen LogP) is 2.88. The molecule has 126 valence electrons. The van der Waals surface area contributed by atoms with Crippen LogP contribution in [0.2, 0.25) is 0 Å². The minimum Gasteiger partial charge on any atom is -0.387 e. The summed E-state index contributed by atoms with van der Waals surface area (Å²) < 4.78 is 13.0. The third-order valence-corrected chi connectivity index (χ3v) is 4.28. The first-order valence-electron chi connectivity index (χ1n) is 8.25. The predicted molar refractivity (Wildman–Crippen MR) is 88.7 cm³/mol. The van der Waals surface area contributed by atoms with Crippen molar-refractivity contribution in [2.45, 2.75) is 37.8 Å². The van der Waals surface area contributed by atoms with Crippen LogP contribution in [0, 0.1) is 5.82 Å². The molecule has 5 heteroatoms. The summed E-state index contributed by atoms with van der Waals surface area (Å²) in [7, 11) is 0. The Hall–Kier alpha value is -2.27. The van der Waals surface area contributed by atoms with Crippen molar-refractivity contribution in [3.63, 3.8) is 0 Å². The van der Waals surface area contributed by atoms with Crippen LogP contribution in [0.15, 0.2) is 48.8 Å². The van der Waals surface area contributed by atoms with E-state index in [4.69, 9.17) is 0 Å². The van der Waals surface area contributed by atoms with Crippen LogP contribution < -0.4 is 0 Å². The maximum absolute atomic E-state index is 13.0. The van der Waals surface area contributed by atoms with E-state index in [2.05, 4.69) is 4.98 Å². The zero-order valence-electron chi connectivity index (χ0n) is 13.4. The monoisotopic (exact) mass is 328 g/mol. The molecule has 0 aliphatic heterocycles. The van der Waals surface area contributed by atoms with Crippen LogP contribution in [-0.2, 0) is 11.2 Å². The molecule has 1 N–H and O–H groups in total. The van der Waals surface area contributed by atoms with Gasteiger partial charge in [-0.3, -0.25) is 9.78 Å². The Labute approximate surface area is 141 Å². The summed E-state index contributed by atoms with van der Waals surface area (Å²) in [5.74, 6) is -0.292. The van der Waals surface area contributed by atoms with E-state index in [0.29, 0.717) is 18.4 Å². The fourth-order valence-corrected chi connectivity index (χ4v) is 2.76. The van der Waals surface area contributed by atoms with Crippen molar-refractivity contribution < 1.29 is 14.3 Å². The van der Waals surface area contributed by atoms with Crippen molar-refractivity contribution in [3.8, 4) is 0 Å². The van der Waals surface area contributed by atoms with E-state index in [0.717, 1.165) is 18.4 Å². The molecule has 1 heterocycles. The number of nitrogens with zero attached hydrogens (tertiary/aromatic N) is 2. The van der Waals surface area contributed by atoms with Crippen LogP contribution >= 0.6 is 0 Å². The average molecular weight is 328 g/mol. The highest BCUT2D eigenvalue weighted by atomic mass is 19.1. The van der Waals surface area contributed by atoms with Gasteiger partial charge in [-0.2, -0.15) is 0 Å². The molecule has 2 aromatic rings. The lowest BCUT2D eigenvalue weighted by atomic mass is 10.1. The molecule has 1 saturated carbocycles. The van der Waals surface area contributed by atoms with Crippen LogP contribution in [0.25, 0.3) is 0 Å². The van der Waals surface area contributed by atoms with Crippen LogP contribution in [0.5, 0.6) is 0 Å². The molecular formula is C19H21FN2O2. The number of pyridine rings is 1. The Balaban J connectivity index is 1.59. The molecule has 0 saturated heterocycles. The Kier molecular flexibility index (Phi) is 5.20. The highest BCUT2D eigenvalue weighted by molar-refractivity contribution is 5.77. The number of aryl methyl sites for hydroxylation is 1. The summed E-state index contributed by atoms with van der Waals surface area (Å²) in [4.78, 5) is 18.4. The molecule has 4 nitrogen and oxygen atoms in total. The van der Waals surface area contributed by atoms with Gasteiger partial charge < -0.3 is 10.0 Å². The van der Waals surface area contributed by atoms with Gasteiger partial charge in [0.25, 0.3) is 0 Å². The second-order valence-electron chi connectivity index (χ2n) is 6.21. The molecular weight excluding hydrogens is 307 g/mol. The zero-order chi connectivity index (χ0) is 16.9. The van der Waals surface area contributed by atoms with Crippen molar-refractivity contribution in [1.29, 1.82) is 0 Å². The van der Waals surface area contributed by atoms with Crippen molar-refractivity contribution in [1.82, 2.24) is 9.88 Å². The van der Waals surface area contributed by atoms with Gasteiger partial charge in [0.1, 0.15) is 5.82 Å². The van der Waals surface area contributed by atoms with Gasteiger partial charge in [-0.15, -0.1) is 0 Å². The Morgan fingerprint density at radius 2 is 2.04 bits per heavy atom. The minimum atomic E-state index is -0.798. The smallest absolute Gasteiger partial charge is 0.223 e. The molecule has 0 bridgehead atoms. The normalized spacial score (nSPS) is 15.1. The minimum absolute atomic E-state index is 0.0440. The van der Waals surface area contributed by atoms with Crippen LogP contribution in [0.1, 0.15) is 36.5 Å². The number of carbonyl (C=O) groups is 1. The highest BCUT2D eigenvalue weighted by Crippen LogP contribution is 2.29. The van der Waals surface area contributed by atoms with Gasteiger partial charge in [0.2, 0.25) is 5.91 Å². The second kappa shape index (κ2) is 7.53. The number of aromatic nitrogens is 1. The lowest BCUT2D eigenvalue weighted by Crippen LogP contribution is -2.36. The van der Waals surface area contributed by atoms with Gasteiger partial charge in [-0.1, -0.05) is 18.2 Å². The number of amides is 1. The maximum Gasteiger partial charge on any atom is 0.223 e. The van der Waals surface area contributed by atoms with Crippen molar-refractivity contribution in [2.75, 3.05) is 6.54 Å². The third kappa shape index (κ3) is 4.38. The number of carbonyl (C=O) groups excluding carboxylic acids is 1. The molecule has 0 spiro atoms. The van der Waals surface area contributed by atoms with Crippen LogP contribution in [-0.4, -0.2) is 33.5 Å². The second-order valence-corrected chi connectivity index (χ2v) is 6.21. The summed E-state index contributed by atoms with van der Waals surface area (Å²) >= 11 is 0. The lowest BCUT2D eigenvalue weighted by Gasteiger charge is -2.25. The van der Waals surface area contributed by atoms with E-state index in [1.54, 1.807) is 29.4 Å². The lowest BCUT2D eigenvalue weighted by molar-refractivity contribution is -0.133. The zero-order valence-corrected chi connectivity index (χ0v) is 13.4. The average Bonchev–Trinajstić information content (AvgIpc) is 3.44. The van der Waals surface area contributed by atoms with Gasteiger partial charge in [0.05, 0.1) is 12.6 Å². The fourth-order valence-electron chi connectivity index (χ4n) is 2.76. The van der Waals surface area contributed by atoms with E-state index < -0.39 is 6.10 Å². The number of halogens is 1. The first-order valence-corrected chi connectivity index (χ1v) is 8.25. The van der Waals surface area contributed by atoms with Crippen molar-refractivity contribution >= 4 is 5.91 Å². The number of aliphatic hydroxyl groups is 1. The Bertz CT molecular complexity index is 672. The topological polar surface area (TPSA) is 53.4 Å². The first kappa shape index (κ1) is 16.6. The molecule has 1 fully saturated rings. The molecule has 1 amide bonds. The van der Waals surface area contributed by atoms with E-state index in [9.17, 15) is 14.3 Å². The van der Waals surface area contributed by atoms with Crippen molar-refractivity contribution in [2.24, 2.45) is 0 Å². The van der Waals surface area contributed by atoms with E-state index in [1.165, 1.54) is 12.1 Å². The summed E-state index contributed by atoms with van der Waals surface area (Å²) in [5, 5.41) is 10.4. The number of hydrogen-bond acceptors (Lipinski definition) is 3. The molecule has 1 unspecified atom stereocenters. The van der Waals surface area contributed by atoms with Gasteiger partial charge in [-0.25, -0.2) is 4.39 Å². The van der Waals surface area contributed by atoms with Gasteiger partial charge in [0.15, 0.2) is 0 Å². The molecule has 1 aliphatic carbocycles. The summed E-state index contributed by atoms with van der Waals surface area (Å²) in [6.07, 6.45) is 5.68. The largest absolute Gasteiger partial charge is 0.387 e. The van der Waals surface area contributed by atoms with Crippen LogP contribution in [0.4, 0.5) is 4.39 Å².